The van der Waals surface area contributed by atoms with E-state index in [0.29, 0.717) is 0 Å². The smallest absolute Gasteiger partial charge is 0.123 e. The van der Waals surface area contributed by atoms with Crippen LogP contribution in [-0.4, -0.2) is 26.2 Å². The minimum absolute atomic E-state index is 0.151. The molecule has 16 heavy (non-hydrogen) atoms. The van der Waals surface area contributed by atoms with Gasteiger partial charge in [0, 0.05) is 13.1 Å². The fraction of sp³-hybridized carbons (Fsp3) is 0.538. The molecule has 0 aromatic heterocycles. The van der Waals surface area contributed by atoms with Crippen LogP contribution in [0.4, 0.5) is 4.39 Å². The summed E-state index contributed by atoms with van der Waals surface area (Å²) in [5.41, 5.74) is 1.05. The van der Waals surface area contributed by atoms with E-state index in [-0.39, 0.29) is 5.82 Å². The van der Waals surface area contributed by atoms with Gasteiger partial charge in [-0.05, 0) is 43.6 Å². The van der Waals surface area contributed by atoms with Crippen LogP contribution in [0.1, 0.15) is 18.9 Å². The Morgan fingerprint density at radius 1 is 1.06 bits per heavy atom. The first-order valence-electron chi connectivity index (χ1n) is 5.99. The van der Waals surface area contributed by atoms with Gasteiger partial charge < -0.3 is 10.6 Å². The largest absolute Gasteiger partial charge is 0.315 e. The zero-order valence-electron chi connectivity index (χ0n) is 9.93. The summed E-state index contributed by atoms with van der Waals surface area (Å²) in [5, 5.41) is 6.65. The minimum Gasteiger partial charge on any atom is -0.315 e. The van der Waals surface area contributed by atoms with Crippen LogP contribution in [0, 0.1) is 5.82 Å². The molecule has 2 nitrogen and oxygen atoms in total. The molecule has 0 fully saturated rings. The SMILES string of the molecule is CCCNCCNCCc1cccc(F)c1. The van der Waals surface area contributed by atoms with Gasteiger partial charge in [0.15, 0.2) is 0 Å². The number of benzene rings is 1. The lowest BCUT2D eigenvalue weighted by atomic mass is 10.1. The Hall–Kier alpha value is -0.930. The highest BCUT2D eigenvalue weighted by molar-refractivity contribution is 5.16. The lowest BCUT2D eigenvalue weighted by Gasteiger charge is -2.05. The monoisotopic (exact) mass is 224 g/mol. The van der Waals surface area contributed by atoms with Gasteiger partial charge in [0.2, 0.25) is 0 Å². The summed E-state index contributed by atoms with van der Waals surface area (Å²) in [4.78, 5) is 0. The highest BCUT2D eigenvalue weighted by atomic mass is 19.1. The van der Waals surface area contributed by atoms with Gasteiger partial charge in [0.25, 0.3) is 0 Å². The van der Waals surface area contributed by atoms with Gasteiger partial charge in [-0.2, -0.15) is 0 Å². The summed E-state index contributed by atoms with van der Waals surface area (Å²) >= 11 is 0. The van der Waals surface area contributed by atoms with Crippen molar-refractivity contribution >= 4 is 0 Å². The maximum absolute atomic E-state index is 12.9. The third-order valence-corrected chi connectivity index (χ3v) is 2.38. The van der Waals surface area contributed by atoms with E-state index in [9.17, 15) is 4.39 Å². The van der Waals surface area contributed by atoms with Crippen LogP contribution in [0.3, 0.4) is 0 Å². The van der Waals surface area contributed by atoms with Crippen molar-refractivity contribution in [1.29, 1.82) is 0 Å². The molecule has 1 rings (SSSR count). The highest BCUT2D eigenvalue weighted by Gasteiger charge is 1.94. The van der Waals surface area contributed by atoms with E-state index in [2.05, 4.69) is 17.6 Å². The van der Waals surface area contributed by atoms with Gasteiger partial charge >= 0.3 is 0 Å². The lowest BCUT2D eigenvalue weighted by Crippen LogP contribution is -2.29. The maximum Gasteiger partial charge on any atom is 0.123 e. The number of rotatable bonds is 8. The fourth-order valence-electron chi connectivity index (χ4n) is 1.53. The van der Waals surface area contributed by atoms with Crippen molar-refractivity contribution in [3.05, 3.63) is 35.6 Å². The molecule has 0 aliphatic rings. The first-order chi connectivity index (χ1) is 7.83. The van der Waals surface area contributed by atoms with Crippen LogP contribution in [-0.2, 0) is 6.42 Å². The average molecular weight is 224 g/mol. The molecule has 0 radical (unpaired) electrons. The van der Waals surface area contributed by atoms with Gasteiger partial charge in [-0.15, -0.1) is 0 Å². The zero-order chi connectivity index (χ0) is 11.6. The summed E-state index contributed by atoms with van der Waals surface area (Å²) in [6, 6.07) is 6.79. The predicted molar refractivity (Wildman–Crippen MR) is 66.1 cm³/mol. The quantitative estimate of drug-likeness (QED) is 0.660. The van der Waals surface area contributed by atoms with Crippen LogP contribution in [0.25, 0.3) is 0 Å². The molecule has 0 spiro atoms. The fourth-order valence-corrected chi connectivity index (χ4v) is 1.53. The van der Waals surface area contributed by atoms with Gasteiger partial charge in [-0.25, -0.2) is 4.39 Å². The van der Waals surface area contributed by atoms with Crippen molar-refractivity contribution in [1.82, 2.24) is 10.6 Å². The van der Waals surface area contributed by atoms with E-state index in [1.165, 1.54) is 12.5 Å². The van der Waals surface area contributed by atoms with E-state index in [4.69, 9.17) is 0 Å². The van der Waals surface area contributed by atoms with E-state index in [1.54, 1.807) is 12.1 Å². The van der Waals surface area contributed by atoms with Crippen LogP contribution < -0.4 is 10.6 Å². The molecule has 0 unspecified atom stereocenters. The number of hydrogen-bond acceptors (Lipinski definition) is 2. The molecule has 1 aromatic rings. The molecule has 90 valence electrons. The third-order valence-electron chi connectivity index (χ3n) is 2.38. The second-order valence-electron chi connectivity index (χ2n) is 3.88. The molecule has 0 amide bonds. The van der Waals surface area contributed by atoms with Crippen LogP contribution >= 0.6 is 0 Å². The van der Waals surface area contributed by atoms with Gasteiger partial charge in [0.05, 0.1) is 0 Å². The van der Waals surface area contributed by atoms with Gasteiger partial charge in [0.1, 0.15) is 5.82 Å². The molecule has 2 N–H and O–H groups in total. The van der Waals surface area contributed by atoms with Crippen molar-refractivity contribution in [2.75, 3.05) is 26.2 Å². The molecule has 0 heterocycles. The van der Waals surface area contributed by atoms with E-state index in [0.717, 1.165) is 38.2 Å². The van der Waals surface area contributed by atoms with Crippen molar-refractivity contribution in [3.63, 3.8) is 0 Å². The molecule has 0 aliphatic carbocycles. The Kier molecular flexibility index (Phi) is 6.77. The molecular formula is C13H21FN2. The Balaban J connectivity index is 2.03. The standard InChI is InChI=1S/C13H21FN2/c1-2-7-15-9-10-16-8-6-12-4-3-5-13(14)11-12/h3-5,11,15-16H,2,6-10H2,1H3. The summed E-state index contributed by atoms with van der Waals surface area (Å²) < 4.78 is 12.9. The van der Waals surface area contributed by atoms with Crippen molar-refractivity contribution in [2.45, 2.75) is 19.8 Å². The Bertz CT molecular complexity index is 289. The van der Waals surface area contributed by atoms with Gasteiger partial charge in [-0.1, -0.05) is 19.1 Å². The third kappa shape index (κ3) is 5.83. The number of nitrogens with one attached hydrogen (secondary N) is 2. The van der Waals surface area contributed by atoms with Crippen LogP contribution in [0.15, 0.2) is 24.3 Å². The minimum atomic E-state index is -0.151. The first kappa shape index (κ1) is 13.1. The topological polar surface area (TPSA) is 24.1 Å². The zero-order valence-corrected chi connectivity index (χ0v) is 9.93. The number of halogens is 1. The Labute approximate surface area is 97.3 Å². The van der Waals surface area contributed by atoms with E-state index >= 15 is 0 Å². The number of hydrogen-bond donors (Lipinski definition) is 2. The molecule has 0 bridgehead atoms. The second-order valence-corrected chi connectivity index (χ2v) is 3.88. The van der Waals surface area contributed by atoms with Crippen molar-refractivity contribution in [3.8, 4) is 0 Å². The first-order valence-corrected chi connectivity index (χ1v) is 5.99. The molecule has 0 saturated heterocycles. The van der Waals surface area contributed by atoms with Crippen LogP contribution in [0.5, 0.6) is 0 Å². The summed E-state index contributed by atoms with van der Waals surface area (Å²) in [6.45, 7) is 6.10. The second kappa shape index (κ2) is 8.25. The van der Waals surface area contributed by atoms with Crippen molar-refractivity contribution in [2.24, 2.45) is 0 Å². The Morgan fingerprint density at radius 2 is 1.81 bits per heavy atom. The molecule has 0 atom stereocenters. The summed E-state index contributed by atoms with van der Waals surface area (Å²) in [7, 11) is 0. The van der Waals surface area contributed by atoms with Crippen LogP contribution in [0.2, 0.25) is 0 Å². The van der Waals surface area contributed by atoms with Gasteiger partial charge in [-0.3, -0.25) is 0 Å². The van der Waals surface area contributed by atoms with E-state index in [1.807, 2.05) is 6.07 Å². The molecule has 3 heteroatoms. The normalized spacial score (nSPS) is 10.6. The average Bonchev–Trinajstić information content (AvgIpc) is 2.28. The summed E-state index contributed by atoms with van der Waals surface area (Å²) in [5.74, 6) is -0.151. The van der Waals surface area contributed by atoms with E-state index < -0.39 is 0 Å². The molecular weight excluding hydrogens is 203 g/mol. The summed E-state index contributed by atoms with van der Waals surface area (Å²) in [6.07, 6.45) is 2.05. The predicted octanol–water partition coefficient (Wildman–Crippen LogP) is 1.96. The molecule has 0 saturated carbocycles. The molecule has 0 aliphatic heterocycles. The molecule has 1 aromatic carbocycles. The van der Waals surface area contributed by atoms with Crippen molar-refractivity contribution < 1.29 is 4.39 Å². The maximum atomic E-state index is 12.9. The Morgan fingerprint density at radius 3 is 2.50 bits per heavy atom. The lowest BCUT2D eigenvalue weighted by molar-refractivity contribution is 0.603. The highest BCUT2D eigenvalue weighted by Crippen LogP contribution is 2.03.